The van der Waals surface area contributed by atoms with Crippen LogP contribution in [0.15, 0.2) is 35.6 Å². The number of rotatable bonds is 4. The number of anilines is 1. The zero-order chi connectivity index (χ0) is 20.5. The largest absolute Gasteiger partial charge is 0.480 e. The molecule has 0 unspecified atom stereocenters. The molecule has 2 aromatic rings. The summed E-state index contributed by atoms with van der Waals surface area (Å²) in [6.45, 7) is 5.57. The topological polar surface area (TPSA) is 112 Å². The number of nitrogens with two attached hydrogens (primary N) is 1. The molecule has 8 nitrogen and oxygen atoms in total. The van der Waals surface area contributed by atoms with Gasteiger partial charge in [-0.25, -0.2) is 19.4 Å². The number of ether oxygens (including phenoxy) is 2. The first-order valence-corrected chi connectivity index (χ1v) is 8.74. The number of amidine groups is 1. The molecular weight excluding hydrogens is 365 g/mol. The monoisotopic (exact) mass is 387 g/mol. The van der Waals surface area contributed by atoms with Crippen LogP contribution in [0.1, 0.15) is 36.8 Å². The van der Waals surface area contributed by atoms with Gasteiger partial charge in [-0.05, 0) is 32.0 Å². The molecule has 1 amide bonds. The SMILES string of the molecule is COc1cnc(C(=O)Nc2ccc(F)c([C@@]3(C)N=C(N)O[C@@H](C)[C@H]3C)c2)cn1. The lowest BCUT2D eigenvalue weighted by Gasteiger charge is -2.40. The average Bonchev–Trinajstić information content (AvgIpc) is 2.67. The summed E-state index contributed by atoms with van der Waals surface area (Å²) in [6, 6.07) is 4.32. The number of halogens is 1. The maximum Gasteiger partial charge on any atom is 0.283 e. The van der Waals surface area contributed by atoms with E-state index in [2.05, 4.69) is 20.3 Å². The van der Waals surface area contributed by atoms with Crippen LogP contribution in [0, 0.1) is 11.7 Å². The standard InChI is InChI=1S/C19H22FN5O3/c1-10-11(2)28-18(21)25-19(10,3)13-7-12(5-6-14(13)20)24-17(26)15-8-23-16(27-4)9-22-15/h5-11H,1-4H3,(H2,21,25)(H,24,26)/t10-,11+,19+/m1/s1. The molecule has 0 saturated heterocycles. The van der Waals surface area contributed by atoms with Crippen molar-refractivity contribution >= 4 is 17.6 Å². The van der Waals surface area contributed by atoms with Crippen molar-refractivity contribution in [3.8, 4) is 5.88 Å². The van der Waals surface area contributed by atoms with Crippen LogP contribution in [0.2, 0.25) is 0 Å². The minimum atomic E-state index is -0.938. The van der Waals surface area contributed by atoms with E-state index >= 15 is 0 Å². The minimum Gasteiger partial charge on any atom is -0.480 e. The van der Waals surface area contributed by atoms with E-state index in [0.717, 1.165) is 0 Å². The van der Waals surface area contributed by atoms with Crippen molar-refractivity contribution in [3.05, 3.63) is 47.7 Å². The average molecular weight is 387 g/mol. The third-order valence-electron chi connectivity index (χ3n) is 5.08. The lowest BCUT2D eigenvalue weighted by Crippen LogP contribution is -2.45. The number of carbonyl (C=O) groups is 1. The van der Waals surface area contributed by atoms with Crippen LogP contribution in [-0.4, -0.2) is 35.1 Å². The van der Waals surface area contributed by atoms with Crippen LogP contribution in [0.5, 0.6) is 5.88 Å². The second-order valence-corrected chi connectivity index (χ2v) is 6.80. The maximum atomic E-state index is 14.7. The molecule has 0 fully saturated rings. The third kappa shape index (κ3) is 3.60. The van der Waals surface area contributed by atoms with Crippen molar-refractivity contribution in [1.29, 1.82) is 0 Å². The Morgan fingerprint density at radius 1 is 1.32 bits per heavy atom. The molecule has 1 aromatic heterocycles. The van der Waals surface area contributed by atoms with E-state index in [-0.39, 0.29) is 23.7 Å². The van der Waals surface area contributed by atoms with Gasteiger partial charge in [0.15, 0.2) is 0 Å². The van der Waals surface area contributed by atoms with Gasteiger partial charge < -0.3 is 20.5 Å². The number of nitrogens with one attached hydrogen (secondary N) is 1. The molecule has 0 saturated carbocycles. The molecule has 1 aliphatic heterocycles. The molecule has 28 heavy (non-hydrogen) atoms. The molecule has 3 atom stereocenters. The number of hydrogen-bond donors (Lipinski definition) is 2. The predicted octanol–water partition coefficient (Wildman–Crippen LogP) is 2.46. The van der Waals surface area contributed by atoms with Gasteiger partial charge in [0.25, 0.3) is 11.9 Å². The molecule has 1 aromatic carbocycles. The van der Waals surface area contributed by atoms with Crippen molar-refractivity contribution in [2.45, 2.75) is 32.4 Å². The highest BCUT2D eigenvalue weighted by Crippen LogP contribution is 2.41. The fourth-order valence-corrected chi connectivity index (χ4v) is 3.14. The number of hydrogen-bond acceptors (Lipinski definition) is 7. The van der Waals surface area contributed by atoms with Crippen LogP contribution in [-0.2, 0) is 10.3 Å². The zero-order valence-electron chi connectivity index (χ0n) is 16.1. The van der Waals surface area contributed by atoms with Gasteiger partial charge in [0.05, 0.1) is 25.0 Å². The normalized spacial score (nSPS) is 24.1. The molecule has 3 rings (SSSR count). The molecule has 0 radical (unpaired) electrons. The summed E-state index contributed by atoms with van der Waals surface area (Å²) in [4.78, 5) is 24.7. The van der Waals surface area contributed by atoms with Crippen molar-refractivity contribution in [3.63, 3.8) is 0 Å². The number of amides is 1. The van der Waals surface area contributed by atoms with Crippen LogP contribution >= 0.6 is 0 Å². The molecule has 148 valence electrons. The first kappa shape index (κ1) is 19.5. The zero-order valence-corrected chi connectivity index (χ0v) is 16.1. The molecule has 0 bridgehead atoms. The molecule has 9 heteroatoms. The first-order chi connectivity index (χ1) is 13.2. The summed E-state index contributed by atoms with van der Waals surface area (Å²) in [7, 11) is 1.46. The molecule has 3 N–H and O–H groups in total. The van der Waals surface area contributed by atoms with Gasteiger partial charge in [0.2, 0.25) is 5.88 Å². The van der Waals surface area contributed by atoms with Crippen LogP contribution in [0.25, 0.3) is 0 Å². The van der Waals surface area contributed by atoms with Gasteiger partial charge in [-0.15, -0.1) is 0 Å². The molecule has 0 aliphatic carbocycles. The lowest BCUT2D eigenvalue weighted by atomic mass is 9.77. The molecule has 0 spiro atoms. The van der Waals surface area contributed by atoms with E-state index in [1.54, 1.807) is 13.0 Å². The third-order valence-corrected chi connectivity index (χ3v) is 5.08. The van der Waals surface area contributed by atoms with E-state index in [4.69, 9.17) is 15.2 Å². The molecule has 2 heterocycles. The summed E-state index contributed by atoms with van der Waals surface area (Å²) < 4.78 is 25.0. The van der Waals surface area contributed by atoms with Crippen molar-refractivity contribution in [1.82, 2.24) is 9.97 Å². The number of methoxy groups -OCH3 is 1. The Labute approximate surface area is 162 Å². The summed E-state index contributed by atoms with van der Waals surface area (Å²) in [6.07, 6.45) is 2.40. The van der Waals surface area contributed by atoms with E-state index in [0.29, 0.717) is 17.1 Å². The fraction of sp³-hybridized carbons (Fsp3) is 0.368. The summed E-state index contributed by atoms with van der Waals surface area (Å²) in [5.74, 6) is -0.768. The Balaban J connectivity index is 1.91. The second-order valence-electron chi connectivity index (χ2n) is 6.80. The van der Waals surface area contributed by atoms with Crippen molar-refractivity contribution in [2.24, 2.45) is 16.6 Å². The Bertz CT molecular complexity index is 918. The smallest absolute Gasteiger partial charge is 0.283 e. The Hall–Kier alpha value is -3.23. The number of benzene rings is 1. The molecule has 1 aliphatic rings. The van der Waals surface area contributed by atoms with E-state index in [1.807, 2.05) is 13.8 Å². The fourth-order valence-electron chi connectivity index (χ4n) is 3.14. The van der Waals surface area contributed by atoms with Gasteiger partial charge in [-0.2, -0.15) is 0 Å². The minimum absolute atomic E-state index is 0.00967. The van der Waals surface area contributed by atoms with Gasteiger partial charge in [0.1, 0.15) is 17.6 Å². The van der Waals surface area contributed by atoms with Gasteiger partial charge in [0, 0.05) is 17.2 Å². The Morgan fingerprint density at radius 2 is 2.07 bits per heavy atom. The molecular formula is C19H22FN5O3. The highest BCUT2D eigenvalue weighted by Gasteiger charge is 2.42. The highest BCUT2D eigenvalue weighted by molar-refractivity contribution is 6.02. The van der Waals surface area contributed by atoms with E-state index < -0.39 is 17.3 Å². The summed E-state index contributed by atoms with van der Waals surface area (Å²) in [5, 5.41) is 2.70. The predicted molar refractivity (Wildman–Crippen MR) is 102 cm³/mol. The van der Waals surface area contributed by atoms with E-state index in [9.17, 15) is 9.18 Å². The Morgan fingerprint density at radius 3 is 2.71 bits per heavy atom. The highest BCUT2D eigenvalue weighted by atomic mass is 19.1. The quantitative estimate of drug-likeness (QED) is 0.833. The number of nitrogens with zero attached hydrogens (tertiary/aromatic N) is 3. The van der Waals surface area contributed by atoms with Crippen LogP contribution in [0.4, 0.5) is 10.1 Å². The first-order valence-electron chi connectivity index (χ1n) is 8.74. The summed E-state index contributed by atoms with van der Waals surface area (Å²) >= 11 is 0. The second kappa shape index (κ2) is 7.41. The van der Waals surface area contributed by atoms with Gasteiger partial charge >= 0.3 is 0 Å². The van der Waals surface area contributed by atoms with Gasteiger partial charge in [-0.3, -0.25) is 4.79 Å². The van der Waals surface area contributed by atoms with Crippen molar-refractivity contribution in [2.75, 3.05) is 12.4 Å². The number of aliphatic imine (C=N–C) groups is 1. The summed E-state index contributed by atoms with van der Waals surface area (Å²) in [5.41, 5.74) is 5.67. The van der Waals surface area contributed by atoms with Crippen molar-refractivity contribution < 1.29 is 18.7 Å². The van der Waals surface area contributed by atoms with Crippen LogP contribution in [0.3, 0.4) is 0 Å². The maximum absolute atomic E-state index is 14.7. The number of carbonyl (C=O) groups excluding carboxylic acids is 1. The van der Waals surface area contributed by atoms with E-state index in [1.165, 1.54) is 31.6 Å². The lowest BCUT2D eigenvalue weighted by molar-refractivity contribution is 0.0703. The Kier molecular flexibility index (Phi) is 5.17. The number of aromatic nitrogens is 2. The van der Waals surface area contributed by atoms with Crippen LogP contribution < -0.4 is 15.8 Å². The van der Waals surface area contributed by atoms with Gasteiger partial charge in [-0.1, -0.05) is 6.92 Å².